The normalized spacial score (nSPS) is 26.2. The van der Waals surface area contributed by atoms with Gasteiger partial charge in [0.2, 0.25) is 0 Å². The Hall–Kier alpha value is -1.22. The summed E-state index contributed by atoms with van der Waals surface area (Å²) in [6.07, 6.45) is 1.13. The van der Waals surface area contributed by atoms with E-state index in [9.17, 15) is 0 Å². The molecular weight excluding hydrogens is 260 g/mol. The van der Waals surface area contributed by atoms with Crippen molar-refractivity contribution in [2.24, 2.45) is 5.92 Å². The van der Waals surface area contributed by atoms with Crippen LogP contribution in [0.4, 0.5) is 5.69 Å². The van der Waals surface area contributed by atoms with E-state index in [1.165, 1.54) is 11.3 Å². The molecule has 0 radical (unpaired) electrons. The van der Waals surface area contributed by atoms with Gasteiger partial charge in [-0.25, -0.2) is 0 Å². The fourth-order valence-electron chi connectivity index (χ4n) is 3.13. The lowest BCUT2D eigenvalue weighted by atomic mass is 9.89. The van der Waals surface area contributed by atoms with Crippen molar-refractivity contribution in [2.45, 2.75) is 52.6 Å². The number of rotatable bonds is 4. The van der Waals surface area contributed by atoms with Gasteiger partial charge in [-0.3, -0.25) is 0 Å². The quantitative estimate of drug-likeness (QED) is 0.917. The van der Waals surface area contributed by atoms with Gasteiger partial charge in [0.05, 0.1) is 12.8 Å². The van der Waals surface area contributed by atoms with Crippen LogP contribution in [0.1, 0.15) is 39.7 Å². The topological polar surface area (TPSA) is 24.5 Å². The van der Waals surface area contributed by atoms with Crippen LogP contribution in [0, 0.1) is 12.8 Å². The predicted molar refractivity (Wildman–Crippen MR) is 90.4 cm³/mol. The van der Waals surface area contributed by atoms with Crippen molar-refractivity contribution in [1.82, 2.24) is 5.32 Å². The molecule has 2 rings (SSSR count). The van der Waals surface area contributed by atoms with Gasteiger partial charge >= 0.3 is 0 Å². The first kappa shape index (κ1) is 16.2. The van der Waals surface area contributed by atoms with Crippen molar-refractivity contribution in [3.63, 3.8) is 0 Å². The minimum Gasteiger partial charge on any atom is -0.495 e. The molecule has 21 heavy (non-hydrogen) atoms. The third-order valence-electron chi connectivity index (χ3n) is 4.85. The van der Waals surface area contributed by atoms with Gasteiger partial charge in [0, 0.05) is 24.7 Å². The number of piperazine rings is 1. The van der Waals surface area contributed by atoms with Crippen LogP contribution >= 0.6 is 0 Å². The van der Waals surface area contributed by atoms with Crippen LogP contribution < -0.4 is 15.0 Å². The molecule has 1 aliphatic rings. The van der Waals surface area contributed by atoms with Gasteiger partial charge in [-0.2, -0.15) is 0 Å². The van der Waals surface area contributed by atoms with E-state index in [0.29, 0.717) is 12.0 Å². The molecule has 1 fully saturated rings. The van der Waals surface area contributed by atoms with Gasteiger partial charge in [-0.05, 0) is 43.9 Å². The van der Waals surface area contributed by atoms with Crippen LogP contribution in [0.5, 0.6) is 5.75 Å². The maximum Gasteiger partial charge on any atom is 0.142 e. The van der Waals surface area contributed by atoms with E-state index in [4.69, 9.17) is 4.74 Å². The van der Waals surface area contributed by atoms with Crippen molar-refractivity contribution in [2.75, 3.05) is 25.1 Å². The second kappa shape index (κ2) is 6.27. The van der Waals surface area contributed by atoms with Crippen LogP contribution in [0.2, 0.25) is 0 Å². The van der Waals surface area contributed by atoms with Crippen molar-refractivity contribution < 1.29 is 4.74 Å². The monoisotopic (exact) mass is 290 g/mol. The summed E-state index contributed by atoms with van der Waals surface area (Å²) in [5.41, 5.74) is 2.68. The summed E-state index contributed by atoms with van der Waals surface area (Å²) in [7, 11) is 1.76. The first-order valence-corrected chi connectivity index (χ1v) is 8.06. The van der Waals surface area contributed by atoms with E-state index in [-0.39, 0.29) is 5.54 Å². The van der Waals surface area contributed by atoms with Gasteiger partial charge in [0.25, 0.3) is 0 Å². The highest BCUT2D eigenvalue weighted by atomic mass is 16.5. The van der Waals surface area contributed by atoms with Crippen molar-refractivity contribution >= 4 is 5.69 Å². The zero-order valence-electron chi connectivity index (χ0n) is 14.4. The summed E-state index contributed by atoms with van der Waals surface area (Å²) in [6, 6.07) is 6.97. The van der Waals surface area contributed by atoms with Crippen molar-refractivity contribution in [3.8, 4) is 5.75 Å². The number of nitrogens with zero attached hydrogens (tertiary/aromatic N) is 1. The number of aryl methyl sites for hydroxylation is 1. The molecule has 0 aliphatic carbocycles. The van der Waals surface area contributed by atoms with E-state index in [2.05, 4.69) is 63.0 Å². The predicted octanol–water partition coefficient (Wildman–Crippen LogP) is 3.61. The summed E-state index contributed by atoms with van der Waals surface area (Å²) in [4.78, 5) is 2.55. The Morgan fingerprint density at radius 3 is 2.71 bits per heavy atom. The SMILES string of the molecule is CCC1(C)CN(c2cc(C)ccc2OC)C(C(C)C)CN1. The largest absolute Gasteiger partial charge is 0.495 e. The lowest BCUT2D eigenvalue weighted by Gasteiger charge is -2.49. The van der Waals surface area contributed by atoms with Crippen molar-refractivity contribution in [3.05, 3.63) is 23.8 Å². The van der Waals surface area contributed by atoms with Crippen LogP contribution in [-0.4, -0.2) is 31.8 Å². The van der Waals surface area contributed by atoms with Crippen LogP contribution in [0.25, 0.3) is 0 Å². The fraction of sp³-hybridized carbons (Fsp3) is 0.667. The molecule has 0 saturated carbocycles. The Balaban J connectivity index is 2.42. The van der Waals surface area contributed by atoms with Gasteiger partial charge in [-0.1, -0.05) is 26.8 Å². The van der Waals surface area contributed by atoms with E-state index in [0.717, 1.165) is 25.3 Å². The van der Waals surface area contributed by atoms with Gasteiger partial charge in [0.1, 0.15) is 5.75 Å². The Morgan fingerprint density at radius 1 is 1.43 bits per heavy atom. The Labute approximate surface area is 129 Å². The van der Waals surface area contributed by atoms with Crippen LogP contribution in [0.3, 0.4) is 0 Å². The zero-order valence-corrected chi connectivity index (χ0v) is 14.4. The molecule has 1 aliphatic heterocycles. The molecule has 1 saturated heterocycles. The van der Waals surface area contributed by atoms with E-state index < -0.39 is 0 Å². The number of ether oxygens (including phenoxy) is 1. The molecule has 0 aromatic heterocycles. The second-order valence-corrected chi connectivity index (χ2v) is 6.91. The minimum atomic E-state index is 0.167. The van der Waals surface area contributed by atoms with Crippen LogP contribution in [0.15, 0.2) is 18.2 Å². The maximum absolute atomic E-state index is 5.62. The second-order valence-electron chi connectivity index (χ2n) is 6.91. The van der Waals surface area contributed by atoms with Gasteiger partial charge in [-0.15, -0.1) is 0 Å². The number of methoxy groups -OCH3 is 1. The molecule has 1 aromatic carbocycles. The molecule has 1 N–H and O–H groups in total. The average Bonchev–Trinajstić information content (AvgIpc) is 2.46. The highest BCUT2D eigenvalue weighted by Crippen LogP contribution is 2.35. The number of hydrogen-bond donors (Lipinski definition) is 1. The Kier molecular flexibility index (Phi) is 4.82. The molecule has 118 valence electrons. The standard InChI is InChI=1S/C18H30N2O/c1-7-18(5)12-20(16(11-19-18)13(2)3)15-10-14(4)8-9-17(15)21-6/h8-10,13,16,19H,7,11-12H2,1-6H3. The fourth-order valence-corrected chi connectivity index (χ4v) is 3.13. The molecule has 1 heterocycles. The summed E-state index contributed by atoms with van der Waals surface area (Å²) >= 11 is 0. The number of hydrogen-bond acceptors (Lipinski definition) is 3. The average molecular weight is 290 g/mol. The number of anilines is 1. The molecule has 3 heteroatoms. The molecule has 3 nitrogen and oxygen atoms in total. The van der Waals surface area contributed by atoms with Crippen molar-refractivity contribution in [1.29, 1.82) is 0 Å². The zero-order chi connectivity index (χ0) is 15.6. The molecule has 2 unspecified atom stereocenters. The van der Waals surface area contributed by atoms with Crippen LogP contribution in [-0.2, 0) is 0 Å². The smallest absolute Gasteiger partial charge is 0.142 e. The summed E-state index contributed by atoms with van der Waals surface area (Å²) < 4.78 is 5.62. The first-order valence-electron chi connectivity index (χ1n) is 8.06. The lowest BCUT2D eigenvalue weighted by molar-refractivity contribution is 0.251. The molecule has 0 amide bonds. The minimum absolute atomic E-state index is 0.167. The maximum atomic E-state index is 5.62. The first-order chi connectivity index (χ1) is 9.90. The third-order valence-corrected chi connectivity index (χ3v) is 4.85. The Morgan fingerprint density at radius 2 is 2.14 bits per heavy atom. The summed E-state index contributed by atoms with van der Waals surface area (Å²) in [5, 5.41) is 3.75. The summed E-state index contributed by atoms with van der Waals surface area (Å²) in [5.74, 6) is 1.58. The third kappa shape index (κ3) is 3.34. The van der Waals surface area contributed by atoms with Gasteiger partial charge < -0.3 is 15.0 Å². The molecule has 0 bridgehead atoms. The number of benzene rings is 1. The summed E-state index contributed by atoms with van der Waals surface area (Å²) in [6.45, 7) is 13.4. The molecular formula is C18H30N2O. The van der Waals surface area contributed by atoms with E-state index in [1.807, 2.05) is 0 Å². The number of nitrogens with one attached hydrogen (secondary N) is 1. The van der Waals surface area contributed by atoms with E-state index in [1.54, 1.807) is 7.11 Å². The molecule has 2 atom stereocenters. The Bertz CT molecular complexity index is 486. The van der Waals surface area contributed by atoms with Gasteiger partial charge in [0.15, 0.2) is 0 Å². The lowest BCUT2D eigenvalue weighted by Crippen LogP contribution is -2.64. The van der Waals surface area contributed by atoms with E-state index >= 15 is 0 Å². The molecule has 1 aromatic rings. The highest BCUT2D eigenvalue weighted by Gasteiger charge is 2.36. The molecule has 0 spiro atoms. The highest BCUT2D eigenvalue weighted by molar-refractivity contribution is 5.61.